The number of aromatic nitrogens is 1. The number of anilines is 2. The van der Waals surface area contributed by atoms with Crippen LogP contribution in [0.15, 0.2) is 18.2 Å². The molecule has 4 N–H and O–H groups in total. The van der Waals surface area contributed by atoms with E-state index in [-0.39, 0.29) is 24.3 Å². The number of nitrogens with two attached hydrogens (primary N) is 1. The number of benzene rings is 1. The Kier molecular flexibility index (Phi) is 5.73. The minimum Gasteiger partial charge on any atom is -0.348 e. The fraction of sp³-hybridized carbons (Fsp3) is 0.500. The number of carbonyl (C=O) groups is 2. The van der Waals surface area contributed by atoms with E-state index in [1.165, 1.54) is 12.8 Å². The Hall–Kier alpha value is -2.19. The quantitative estimate of drug-likeness (QED) is 0.716. The van der Waals surface area contributed by atoms with E-state index < -0.39 is 6.04 Å². The standard InChI is InChI=1S/C18H25N5O2S/c1-11(2)16(19)17(25)20-10-15(24)21-12-5-6-13-14(9-12)26-18(22-13)23-7-3-4-8-23/h5-6,9,11,16H,3-4,7-8,10,19H2,1-2H3,(H,20,25)(H,21,24)/t16-/m0/s1. The van der Waals surface area contributed by atoms with Crippen molar-refractivity contribution in [2.24, 2.45) is 11.7 Å². The van der Waals surface area contributed by atoms with Crippen LogP contribution in [0.5, 0.6) is 0 Å². The van der Waals surface area contributed by atoms with Gasteiger partial charge in [0.15, 0.2) is 5.13 Å². The van der Waals surface area contributed by atoms with Gasteiger partial charge in [-0.25, -0.2) is 4.98 Å². The average Bonchev–Trinajstić information content (AvgIpc) is 3.27. The number of thiazole rings is 1. The Labute approximate surface area is 157 Å². The predicted octanol–water partition coefficient (Wildman–Crippen LogP) is 1.93. The molecule has 1 aliphatic heterocycles. The van der Waals surface area contributed by atoms with Gasteiger partial charge in [0.05, 0.1) is 22.8 Å². The molecule has 7 nitrogen and oxygen atoms in total. The van der Waals surface area contributed by atoms with Crippen LogP contribution in [0.1, 0.15) is 26.7 Å². The molecule has 1 aliphatic rings. The van der Waals surface area contributed by atoms with Gasteiger partial charge in [0.2, 0.25) is 11.8 Å². The SMILES string of the molecule is CC(C)[C@H](N)C(=O)NCC(=O)Nc1ccc2nc(N3CCCC3)sc2c1. The molecule has 3 rings (SSSR count). The van der Waals surface area contributed by atoms with Crippen LogP contribution in [0.2, 0.25) is 0 Å². The molecule has 1 aromatic carbocycles. The molecule has 1 atom stereocenters. The highest BCUT2D eigenvalue weighted by atomic mass is 32.1. The van der Waals surface area contributed by atoms with E-state index in [2.05, 4.69) is 20.5 Å². The van der Waals surface area contributed by atoms with Crippen molar-refractivity contribution in [1.29, 1.82) is 0 Å². The van der Waals surface area contributed by atoms with E-state index in [9.17, 15) is 9.59 Å². The van der Waals surface area contributed by atoms with Crippen molar-refractivity contribution >= 4 is 44.2 Å². The third-order valence-corrected chi connectivity index (χ3v) is 5.56. The van der Waals surface area contributed by atoms with Crippen LogP contribution in [0, 0.1) is 5.92 Å². The van der Waals surface area contributed by atoms with Gasteiger partial charge in [0, 0.05) is 18.8 Å². The Bertz CT molecular complexity index is 798. The minimum absolute atomic E-state index is 0.0246. The van der Waals surface area contributed by atoms with Gasteiger partial charge in [-0.2, -0.15) is 0 Å². The second-order valence-corrected chi connectivity index (χ2v) is 7.92. The smallest absolute Gasteiger partial charge is 0.243 e. The molecule has 1 aromatic heterocycles. The molecule has 2 amide bonds. The highest BCUT2D eigenvalue weighted by molar-refractivity contribution is 7.22. The summed E-state index contributed by atoms with van der Waals surface area (Å²) in [6.07, 6.45) is 2.42. The predicted molar refractivity (Wildman–Crippen MR) is 106 cm³/mol. The second kappa shape index (κ2) is 8.01. The van der Waals surface area contributed by atoms with Crippen LogP contribution >= 0.6 is 11.3 Å². The lowest BCUT2D eigenvalue weighted by atomic mass is 10.1. The molecule has 1 fully saturated rings. The van der Waals surface area contributed by atoms with Gasteiger partial charge in [0.1, 0.15) is 0 Å². The maximum atomic E-state index is 12.1. The third kappa shape index (κ3) is 4.31. The summed E-state index contributed by atoms with van der Waals surface area (Å²) >= 11 is 1.64. The zero-order valence-corrected chi connectivity index (χ0v) is 15.9. The Balaban J connectivity index is 1.59. The van der Waals surface area contributed by atoms with E-state index in [0.29, 0.717) is 5.69 Å². The van der Waals surface area contributed by atoms with Gasteiger partial charge in [-0.3, -0.25) is 9.59 Å². The molecule has 26 heavy (non-hydrogen) atoms. The summed E-state index contributed by atoms with van der Waals surface area (Å²) in [6.45, 7) is 5.75. The number of carbonyl (C=O) groups excluding carboxylic acids is 2. The Morgan fingerprint density at radius 3 is 2.73 bits per heavy atom. The summed E-state index contributed by atoms with van der Waals surface area (Å²) in [5.41, 5.74) is 7.39. The molecule has 0 radical (unpaired) electrons. The molecule has 2 heterocycles. The zero-order valence-electron chi connectivity index (χ0n) is 15.1. The number of hydrogen-bond acceptors (Lipinski definition) is 6. The molecule has 0 aliphatic carbocycles. The minimum atomic E-state index is -0.611. The first-order chi connectivity index (χ1) is 12.4. The van der Waals surface area contributed by atoms with Gasteiger partial charge >= 0.3 is 0 Å². The largest absolute Gasteiger partial charge is 0.348 e. The summed E-state index contributed by atoms with van der Waals surface area (Å²) in [6, 6.07) is 5.05. The van der Waals surface area contributed by atoms with Crippen molar-refractivity contribution < 1.29 is 9.59 Å². The summed E-state index contributed by atoms with van der Waals surface area (Å²) in [5, 5.41) is 6.41. The van der Waals surface area contributed by atoms with Gasteiger partial charge in [-0.05, 0) is 37.0 Å². The first kappa shape index (κ1) is 18.6. The van der Waals surface area contributed by atoms with Gasteiger partial charge in [-0.1, -0.05) is 25.2 Å². The summed E-state index contributed by atoms with van der Waals surface area (Å²) < 4.78 is 1.04. The fourth-order valence-corrected chi connectivity index (χ4v) is 3.88. The van der Waals surface area contributed by atoms with Crippen molar-refractivity contribution in [3.63, 3.8) is 0 Å². The fourth-order valence-electron chi connectivity index (χ4n) is 2.83. The topological polar surface area (TPSA) is 100 Å². The van der Waals surface area contributed by atoms with Crippen molar-refractivity contribution in [1.82, 2.24) is 10.3 Å². The van der Waals surface area contributed by atoms with Gasteiger partial charge in [-0.15, -0.1) is 0 Å². The van der Waals surface area contributed by atoms with Crippen molar-refractivity contribution in [3.05, 3.63) is 18.2 Å². The highest BCUT2D eigenvalue weighted by Gasteiger charge is 2.18. The molecule has 0 saturated carbocycles. The molecule has 2 aromatic rings. The first-order valence-corrected chi connectivity index (χ1v) is 9.74. The summed E-state index contributed by atoms with van der Waals surface area (Å²) in [4.78, 5) is 30.9. The molecular formula is C18H25N5O2S. The number of nitrogens with zero attached hydrogens (tertiary/aromatic N) is 2. The Morgan fingerprint density at radius 2 is 2.04 bits per heavy atom. The lowest BCUT2D eigenvalue weighted by Crippen LogP contribution is -2.46. The van der Waals surface area contributed by atoms with Gasteiger partial charge in [0.25, 0.3) is 0 Å². The van der Waals surface area contributed by atoms with E-state index >= 15 is 0 Å². The first-order valence-electron chi connectivity index (χ1n) is 8.92. The lowest BCUT2D eigenvalue weighted by molar-refractivity contribution is -0.125. The zero-order chi connectivity index (χ0) is 18.7. The summed E-state index contributed by atoms with van der Waals surface area (Å²) in [5.74, 6) is -0.571. The van der Waals surface area contributed by atoms with Gasteiger partial charge < -0.3 is 21.3 Å². The molecule has 1 saturated heterocycles. The number of rotatable bonds is 6. The molecule has 0 unspecified atom stereocenters. The number of amides is 2. The normalized spacial score (nSPS) is 15.5. The third-order valence-electron chi connectivity index (χ3n) is 4.48. The van der Waals surface area contributed by atoms with Crippen molar-refractivity contribution in [2.75, 3.05) is 29.9 Å². The maximum Gasteiger partial charge on any atom is 0.243 e. The lowest BCUT2D eigenvalue weighted by Gasteiger charge is -2.15. The number of nitrogens with one attached hydrogen (secondary N) is 2. The van der Waals surface area contributed by atoms with Crippen LogP contribution in [0.25, 0.3) is 10.2 Å². The van der Waals surface area contributed by atoms with Crippen LogP contribution in [-0.4, -0.2) is 42.5 Å². The number of fused-ring (bicyclic) bond motifs is 1. The Morgan fingerprint density at radius 1 is 1.31 bits per heavy atom. The average molecular weight is 375 g/mol. The second-order valence-electron chi connectivity index (χ2n) is 6.91. The van der Waals surface area contributed by atoms with Crippen molar-refractivity contribution in [3.8, 4) is 0 Å². The molecule has 0 spiro atoms. The van der Waals surface area contributed by atoms with Crippen molar-refractivity contribution in [2.45, 2.75) is 32.7 Å². The molecule has 0 bridgehead atoms. The molecule has 8 heteroatoms. The molecule has 140 valence electrons. The van der Waals surface area contributed by atoms with E-state index in [1.807, 2.05) is 32.0 Å². The van der Waals surface area contributed by atoms with Crippen LogP contribution in [-0.2, 0) is 9.59 Å². The van der Waals surface area contributed by atoms with Crippen LogP contribution < -0.4 is 21.3 Å². The molecular weight excluding hydrogens is 350 g/mol. The van der Waals surface area contributed by atoms with E-state index in [0.717, 1.165) is 28.4 Å². The summed E-state index contributed by atoms with van der Waals surface area (Å²) in [7, 11) is 0. The van der Waals surface area contributed by atoms with E-state index in [1.54, 1.807) is 11.3 Å². The number of hydrogen-bond donors (Lipinski definition) is 3. The van der Waals surface area contributed by atoms with Crippen LogP contribution in [0.4, 0.5) is 10.8 Å². The monoisotopic (exact) mass is 375 g/mol. The maximum absolute atomic E-state index is 12.1. The van der Waals surface area contributed by atoms with Crippen LogP contribution in [0.3, 0.4) is 0 Å². The highest BCUT2D eigenvalue weighted by Crippen LogP contribution is 2.32. The van der Waals surface area contributed by atoms with E-state index in [4.69, 9.17) is 5.73 Å².